The molecule has 0 radical (unpaired) electrons. The van der Waals surface area contributed by atoms with Gasteiger partial charge in [0.05, 0.1) is 0 Å². The Hall–Kier alpha value is -3.71. The molecule has 1 N–H and O–H groups in total. The molecule has 4 atom stereocenters. The summed E-state index contributed by atoms with van der Waals surface area (Å²) in [5, 5.41) is 5.35. The van der Waals surface area contributed by atoms with Crippen molar-refractivity contribution >= 4 is 28.6 Å². The Morgan fingerprint density at radius 3 is 2.50 bits per heavy atom. The molecular formula is C31H34N2O5. The summed E-state index contributed by atoms with van der Waals surface area (Å²) in [6.07, 6.45) is 1.72. The van der Waals surface area contributed by atoms with E-state index in [1.807, 2.05) is 54.6 Å². The maximum Gasteiger partial charge on any atom is 0.308 e. The number of amides is 1. The highest BCUT2D eigenvalue weighted by Gasteiger charge is 2.53. The van der Waals surface area contributed by atoms with Gasteiger partial charge >= 0.3 is 11.9 Å². The van der Waals surface area contributed by atoms with Gasteiger partial charge in [0, 0.05) is 49.8 Å². The molecule has 1 amide bonds. The van der Waals surface area contributed by atoms with Crippen LogP contribution >= 0.6 is 0 Å². The summed E-state index contributed by atoms with van der Waals surface area (Å²) in [6.45, 7) is 4.46. The number of piperidine rings is 1. The highest BCUT2D eigenvalue weighted by molar-refractivity contribution is 5.98. The zero-order valence-electron chi connectivity index (χ0n) is 22.1. The molecular weight excluding hydrogens is 480 g/mol. The van der Waals surface area contributed by atoms with Crippen molar-refractivity contribution in [2.24, 2.45) is 5.92 Å². The summed E-state index contributed by atoms with van der Waals surface area (Å²) >= 11 is 0. The molecule has 1 aliphatic heterocycles. The summed E-state index contributed by atoms with van der Waals surface area (Å²) in [6, 6.07) is 21.1. The standard InChI is InChI=1S/C31H34N2O5/c1-20(34)37-27-10-6-9-25(16-27)31-13-14-33(3)19-28(31)29(38-21(2)35)17-26(18-31)32-30(36)24-12-11-22-7-4-5-8-23(22)15-24/h4-12,15-16,26,28-29H,13-14,17-19H2,1-3H3,(H,32,36). The monoisotopic (exact) mass is 514 g/mol. The van der Waals surface area contributed by atoms with Crippen LogP contribution < -0.4 is 10.1 Å². The van der Waals surface area contributed by atoms with E-state index < -0.39 is 0 Å². The number of nitrogens with one attached hydrogen (secondary N) is 1. The molecule has 1 saturated carbocycles. The first kappa shape index (κ1) is 25.9. The van der Waals surface area contributed by atoms with Gasteiger partial charge in [-0.1, -0.05) is 42.5 Å². The molecule has 4 unspecified atom stereocenters. The average Bonchev–Trinajstić information content (AvgIpc) is 2.88. The SMILES string of the molecule is CC(=O)Oc1cccc(C23CCN(C)CC2C(OC(C)=O)CC(NC(=O)c2ccc4ccccc4c2)C3)c1. The van der Waals surface area contributed by atoms with Crippen molar-refractivity contribution in [3.63, 3.8) is 0 Å². The normalized spacial score (nSPS) is 25.3. The lowest BCUT2D eigenvalue weighted by Crippen LogP contribution is -2.61. The van der Waals surface area contributed by atoms with E-state index in [1.54, 1.807) is 6.07 Å². The Morgan fingerprint density at radius 1 is 0.947 bits per heavy atom. The predicted octanol–water partition coefficient (Wildman–Crippen LogP) is 4.48. The van der Waals surface area contributed by atoms with Crippen molar-refractivity contribution in [3.8, 4) is 5.75 Å². The second-order valence-electron chi connectivity index (χ2n) is 10.7. The van der Waals surface area contributed by atoms with Crippen LogP contribution in [0.4, 0.5) is 0 Å². The molecule has 2 aliphatic rings. The minimum atomic E-state index is -0.374. The summed E-state index contributed by atoms with van der Waals surface area (Å²) in [5.74, 6) is -0.314. The van der Waals surface area contributed by atoms with Gasteiger partial charge in [-0.05, 0) is 67.0 Å². The Balaban J connectivity index is 1.49. The van der Waals surface area contributed by atoms with Crippen LogP contribution in [-0.4, -0.2) is 55.0 Å². The molecule has 7 heteroatoms. The molecule has 1 aliphatic carbocycles. The van der Waals surface area contributed by atoms with Crippen LogP contribution in [-0.2, 0) is 19.7 Å². The van der Waals surface area contributed by atoms with Crippen LogP contribution in [0.15, 0.2) is 66.7 Å². The van der Waals surface area contributed by atoms with Gasteiger partial charge in [-0.25, -0.2) is 0 Å². The number of rotatable bonds is 5. The Kier molecular flexibility index (Phi) is 7.21. The van der Waals surface area contributed by atoms with Crippen molar-refractivity contribution in [1.82, 2.24) is 10.2 Å². The molecule has 3 aromatic rings. The van der Waals surface area contributed by atoms with Gasteiger partial charge in [-0.2, -0.15) is 0 Å². The van der Waals surface area contributed by atoms with Crippen LogP contribution in [0.25, 0.3) is 10.8 Å². The molecule has 1 saturated heterocycles. The van der Waals surface area contributed by atoms with Gasteiger partial charge in [-0.3, -0.25) is 14.4 Å². The minimum absolute atomic E-state index is 0.0338. The number of fused-ring (bicyclic) bond motifs is 2. The van der Waals surface area contributed by atoms with Crippen molar-refractivity contribution in [3.05, 3.63) is 77.9 Å². The highest BCUT2D eigenvalue weighted by atomic mass is 16.5. The smallest absolute Gasteiger partial charge is 0.308 e. The van der Waals surface area contributed by atoms with Crippen LogP contribution in [0.1, 0.15) is 49.0 Å². The number of ether oxygens (including phenoxy) is 2. The van der Waals surface area contributed by atoms with Gasteiger partial charge in [0.25, 0.3) is 5.91 Å². The van der Waals surface area contributed by atoms with E-state index in [0.29, 0.717) is 24.2 Å². The zero-order chi connectivity index (χ0) is 26.9. The second-order valence-corrected chi connectivity index (χ2v) is 10.7. The first-order chi connectivity index (χ1) is 18.2. The van der Waals surface area contributed by atoms with E-state index in [-0.39, 0.29) is 41.3 Å². The number of carbonyl (C=O) groups excluding carboxylic acids is 3. The van der Waals surface area contributed by atoms with E-state index in [4.69, 9.17) is 9.47 Å². The Labute approximate surface area is 223 Å². The molecule has 2 fully saturated rings. The van der Waals surface area contributed by atoms with Crippen molar-refractivity contribution in [2.45, 2.75) is 50.7 Å². The first-order valence-electron chi connectivity index (χ1n) is 13.2. The molecule has 3 aromatic carbocycles. The fourth-order valence-electron chi connectivity index (χ4n) is 6.44. The lowest BCUT2D eigenvalue weighted by Gasteiger charge is -2.55. The van der Waals surface area contributed by atoms with Crippen molar-refractivity contribution in [1.29, 1.82) is 0 Å². The molecule has 7 nitrogen and oxygen atoms in total. The molecule has 198 valence electrons. The number of likely N-dealkylation sites (tertiary alicyclic amines) is 1. The Bertz CT molecular complexity index is 1370. The summed E-state index contributed by atoms with van der Waals surface area (Å²) in [4.78, 5) is 39.5. The zero-order valence-corrected chi connectivity index (χ0v) is 22.1. The number of carbonyl (C=O) groups is 3. The van der Waals surface area contributed by atoms with Gasteiger partial charge in [0.15, 0.2) is 0 Å². The largest absolute Gasteiger partial charge is 0.462 e. The second kappa shape index (κ2) is 10.6. The van der Waals surface area contributed by atoms with Crippen molar-refractivity contribution in [2.75, 3.05) is 20.1 Å². The van der Waals surface area contributed by atoms with Gasteiger partial charge in [-0.15, -0.1) is 0 Å². The van der Waals surface area contributed by atoms with E-state index in [9.17, 15) is 14.4 Å². The molecule has 0 bridgehead atoms. The number of nitrogens with zero attached hydrogens (tertiary/aromatic N) is 1. The minimum Gasteiger partial charge on any atom is -0.462 e. The quantitative estimate of drug-likeness (QED) is 0.399. The number of hydrogen-bond acceptors (Lipinski definition) is 6. The number of hydrogen-bond donors (Lipinski definition) is 1. The first-order valence-corrected chi connectivity index (χ1v) is 13.2. The average molecular weight is 515 g/mol. The van der Waals surface area contributed by atoms with Crippen LogP contribution in [0.3, 0.4) is 0 Å². The fraction of sp³-hybridized carbons (Fsp3) is 0.387. The maximum atomic E-state index is 13.4. The van der Waals surface area contributed by atoms with Gasteiger partial charge in [0.1, 0.15) is 11.9 Å². The summed E-state index contributed by atoms with van der Waals surface area (Å²) < 4.78 is 11.3. The fourth-order valence-corrected chi connectivity index (χ4v) is 6.44. The third-order valence-corrected chi connectivity index (χ3v) is 8.07. The molecule has 0 aromatic heterocycles. The molecule has 1 heterocycles. The summed E-state index contributed by atoms with van der Waals surface area (Å²) in [5.41, 5.74) is 1.28. The molecule has 5 rings (SSSR count). The summed E-state index contributed by atoms with van der Waals surface area (Å²) in [7, 11) is 2.08. The van der Waals surface area contributed by atoms with E-state index >= 15 is 0 Å². The lowest BCUT2D eigenvalue weighted by molar-refractivity contribution is -0.157. The lowest BCUT2D eigenvalue weighted by atomic mass is 9.57. The van der Waals surface area contributed by atoms with Crippen LogP contribution in [0.5, 0.6) is 5.75 Å². The van der Waals surface area contributed by atoms with Crippen LogP contribution in [0, 0.1) is 5.92 Å². The van der Waals surface area contributed by atoms with Gasteiger partial charge < -0.3 is 19.7 Å². The topological polar surface area (TPSA) is 84.9 Å². The van der Waals surface area contributed by atoms with Crippen molar-refractivity contribution < 1.29 is 23.9 Å². The highest BCUT2D eigenvalue weighted by Crippen LogP contribution is 2.50. The molecule has 0 spiro atoms. The molecule has 38 heavy (non-hydrogen) atoms. The number of esters is 2. The predicted molar refractivity (Wildman–Crippen MR) is 145 cm³/mol. The van der Waals surface area contributed by atoms with E-state index in [2.05, 4.69) is 23.3 Å². The van der Waals surface area contributed by atoms with E-state index in [1.165, 1.54) is 13.8 Å². The van der Waals surface area contributed by atoms with Crippen LogP contribution in [0.2, 0.25) is 0 Å². The Morgan fingerprint density at radius 2 is 1.74 bits per heavy atom. The maximum absolute atomic E-state index is 13.4. The van der Waals surface area contributed by atoms with Gasteiger partial charge in [0.2, 0.25) is 0 Å². The third-order valence-electron chi connectivity index (χ3n) is 8.07. The number of benzene rings is 3. The van der Waals surface area contributed by atoms with E-state index in [0.717, 1.165) is 35.8 Å². The third kappa shape index (κ3) is 5.29.